The molecule has 0 radical (unpaired) electrons. The number of rotatable bonds is 10. The molecule has 3 rings (SSSR count). The molecule has 0 fully saturated rings. The maximum atomic E-state index is 13.9. The van der Waals surface area contributed by atoms with Crippen molar-refractivity contribution in [3.05, 3.63) is 93.7 Å². The van der Waals surface area contributed by atoms with Crippen LogP contribution in [0.4, 0.5) is 10.1 Å². The van der Waals surface area contributed by atoms with Gasteiger partial charge < -0.3 is 19.5 Å². The first-order valence-corrected chi connectivity index (χ1v) is 12.1. The smallest absolute Gasteiger partial charge is 0.338 e. The third-order valence-electron chi connectivity index (χ3n) is 4.94. The summed E-state index contributed by atoms with van der Waals surface area (Å²) in [5.41, 5.74) is 2.07. The van der Waals surface area contributed by atoms with Crippen molar-refractivity contribution in [2.45, 2.75) is 20.5 Å². The van der Waals surface area contributed by atoms with E-state index in [0.717, 1.165) is 0 Å². The van der Waals surface area contributed by atoms with Crippen LogP contribution in [0.1, 0.15) is 35.3 Å². The van der Waals surface area contributed by atoms with Crippen molar-refractivity contribution >= 4 is 39.6 Å². The Hall–Kier alpha value is -3.65. The molecular formula is C28H27BrFNO5. The lowest BCUT2D eigenvalue weighted by Gasteiger charge is -2.14. The topological polar surface area (TPSA) is 73.9 Å². The molecule has 0 spiro atoms. The first kappa shape index (κ1) is 26.9. The number of esters is 1. The third kappa shape index (κ3) is 7.68. The van der Waals surface area contributed by atoms with Gasteiger partial charge in [0.15, 0.2) is 11.5 Å². The van der Waals surface area contributed by atoms with E-state index in [1.807, 2.05) is 13.8 Å². The van der Waals surface area contributed by atoms with E-state index >= 15 is 0 Å². The van der Waals surface area contributed by atoms with Crippen molar-refractivity contribution in [3.8, 4) is 11.5 Å². The molecule has 0 heterocycles. The Labute approximate surface area is 218 Å². The molecule has 3 aromatic rings. The quantitative estimate of drug-likeness (QED) is 0.224. The fourth-order valence-electron chi connectivity index (χ4n) is 3.11. The molecule has 8 heteroatoms. The summed E-state index contributed by atoms with van der Waals surface area (Å²) >= 11 is 3.46. The highest BCUT2D eigenvalue weighted by molar-refractivity contribution is 9.10. The molecule has 3 aromatic carbocycles. The monoisotopic (exact) mass is 555 g/mol. The van der Waals surface area contributed by atoms with Crippen LogP contribution in [-0.2, 0) is 16.1 Å². The maximum Gasteiger partial charge on any atom is 0.338 e. The second-order valence-corrected chi connectivity index (χ2v) is 9.16. The molecule has 0 saturated heterocycles. The zero-order chi connectivity index (χ0) is 26.1. The van der Waals surface area contributed by atoms with Gasteiger partial charge in [0.1, 0.15) is 12.4 Å². The van der Waals surface area contributed by atoms with Crippen LogP contribution in [0.5, 0.6) is 11.5 Å². The van der Waals surface area contributed by atoms with Gasteiger partial charge in [-0.1, -0.05) is 32.0 Å². The van der Waals surface area contributed by atoms with Gasteiger partial charge in [0.05, 0.1) is 23.8 Å². The van der Waals surface area contributed by atoms with E-state index < -0.39 is 5.97 Å². The number of hydrogen-bond donors (Lipinski definition) is 1. The highest BCUT2D eigenvalue weighted by Gasteiger charge is 2.13. The van der Waals surface area contributed by atoms with Gasteiger partial charge >= 0.3 is 5.97 Å². The highest BCUT2D eigenvalue weighted by atomic mass is 79.9. The summed E-state index contributed by atoms with van der Waals surface area (Å²) in [4.78, 5) is 24.4. The van der Waals surface area contributed by atoms with Crippen molar-refractivity contribution in [3.63, 3.8) is 0 Å². The minimum absolute atomic E-state index is 0.0352. The fraction of sp³-hybridized carbons (Fsp3) is 0.214. The van der Waals surface area contributed by atoms with Crippen molar-refractivity contribution < 1.29 is 28.2 Å². The SMILES string of the molecule is COc1cc(/C=C/C(=O)Nc2ccc(C(=O)OCC(C)C)cc2)cc(Br)c1OCc1ccccc1F. The molecule has 0 aliphatic rings. The number of nitrogens with one attached hydrogen (secondary N) is 1. The summed E-state index contributed by atoms with van der Waals surface area (Å²) in [7, 11) is 1.50. The molecular weight excluding hydrogens is 529 g/mol. The van der Waals surface area contributed by atoms with Crippen LogP contribution in [0, 0.1) is 11.7 Å². The minimum Gasteiger partial charge on any atom is -0.493 e. The number of benzene rings is 3. The second-order valence-electron chi connectivity index (χ2n) is 8.31. The number of methoxy groups -OCH3 is 1. The van der Waals surface area contributed by atoms with Crippen molar-refractivity contribution in [2.24, 2.45) is 5.92 Å². The van der Waals surface area contributed by atoms with Gasteiger partial charge in [-0.05, 0) is 76.0 Å². The number of amides is 1. The van der Waals surface area contributed by atoms with Crippen molar-refractivity contribution in [2.75, 3.05) is 19.0 Å². The van der Waals surface area contributed by atoms with E-state index in [1.165, 1.54) is 19.3 Å². The molecule has 188 valence electrons. The van der Waals surface area contributed by atoms with Gasteiger partial charge in [-0.3, -0.25) is 4.79 Å². The lowest BCUT2D eigenvalue weighted by atomic mass is 10.1. The van der Waals surface area contributed by atoms with Gasteiger partial charge in [-0.2, -0.15) is 0 Å². The van der Waals surface area contributed by atoms with Gasteiger partial charge in [-0.15, -0.1) is 0 Å². The van der Waals surface area contributed by atoms with E-state index in [2.05, 4.69) is 21.2 Å². The summed E-state index contributed by atoms with van der Waals surface area (Å²) in [5, 5.41) is 2.75. The molecule has 0 bridgehead atoms. The predicted octanol–water partition coefficient (Wildman–Crippen LogP) is 6.64. The zero-order valence-corrected chi connectivity index (χ0v) is 21.8. The van der Waals surface area contributed by atoms with Crippen LogP contribution < -0.4 is 14.8 Å². The average Bonchev–Trinajstić information content (AvgIpc) is 2.86. The molecule has 36 heavy (non-hydrogen) atoms. The normalized spacial score (nSPS) is 10.9. The van der Waals surface area contributed by atoms with E-state index in [1.54, 1.807) is 60.7 Å². The average molecular weight is 556 g/mol. The fourth-order valence-corrected chi connectivity index (χ4v) is 3.69. The summed E-state index contributed by atoms with van der Waals surface area (Å²) < 4.78 is 30.9. The first-order chi connectivity index (χ1) is 17.3. The predicted molar refractivity (Wildman–Crippen MR) is 141 cm³/mol. The number of carbonyl (C=O) groups excluding carboxylic acids is 2. The maximum absolute atomic E-state index is 13.9. The Morgan fingerprint density at radius 2 is 1.81 bits per heavy atom. The van der Waals surface area contributed by atoms with Crippen LogP contribution in [0.3, 0.4) is 0 Å². The Kier molecular flexibility index (Phi) is 9.64. The summed E-state index contributed by atoms with van der Waals surface area (Å²) in [6.07, 6.45) is 3.01. The molecule has 1 N–H and O–H groups in total. The lowest BCUT2D eigenvalue weighted by Crippen LogP contribution is -2.11. The minimum atomic E-state index is -0.401. The highest BCUT2D eigenvalue weighted by Crippen LogP contribution is 2.37. The number of hydrogen-bond acceptors (Lipinski definition) is 5. The Balaban J connectivity index is 1.62. The molecule has 6 nitrogen and oxygen atoms in total. The van der Waals surface area contributed by atoms with Crippen LogP contribution in [0.25, 0.3) is 6.08 Å². The number of halogens is 2. The Morgan fingerprint density at radius 3 is 2.47 bits per heavy atom. The lowest BCUT2D eigenvalue weighted by molar-refractivity contribution is -0.111. The summed E-state index contributed by atoms with van der Waals surface area (Å²) in [6, 6.07) is 16.3. The number of carbonyl (C=O) groups is 2. The van der Waals surface area contributed by atoms with Gasteiger partial charge in [0.25, 0.3) is 0 Å². The van der Waals surface area contributed by atoms with Crippen LogP contribution in [0.15, 0.2) is 71.2 Å². The van der Waals surface area contributed by atoms with Gasteiger partial charge in [0.2, 0.25) is 5.91 Å². The van der Waals surface area contributed by atoms with E-state index in [4.69, 9.17) is 14.2 Å². The Bertz CT molecular complexity index is 1240. The molecule has 0 unspecified atom stereocenters. The Morgan fingerprint density at radius 1 is 1.08 bits per heavy atom. The van der Waals surface area contributed by atoms with Crippen molar-refractivity contribution in [1.82, 2.24) is 0 Å². The summed E-state index contributed by atoms with van der Waals surface area (Å²) in [5.74, 6) is 0.0128. The van der Waals surface area contributed by atoms with E-state index in [-0.39, 0.29) is 24.2 Å². The molecule has 0 aromatic heterocycles. The molecule has 0 aliphatic heterocycles. The molecule has 0 aliphatic carbocycles. The largest absolute Gasteiger partial charge is 0.493 e. The van der Waals surface area contributed by atoms with Gasteiger partial charge in [-0.25, -0.2) is 9.18 Å². The number of anilines is 1. The van der Waals surface area contributed by atoms with E-state index in [9.17, 15) is 14.0 Å². The third-order valence-corrected chi connectivity index (χ3v) is 5.53. The molecule has 0 atom stereocenters. The van der Waals surface area contributed by atoms with Crippen molar-refractivity contribution in [1.29, 1.82) is 0 Å². The summed E-state index contributed by atoms with van der Waals surface area (Å²) in [6.45, 7) is 4.31. The van der Waals surface area contributed by atoms with Crippen LogP contribution in [0.2, 0.25) is 0 Å². The molecule has 0 saturated carbocycles. The zero-order valence-electron chi connectivity index (χ0n) is 20.2. The molecule has 1 amide bonds. The van der Waals surface area contributed by atoms with Crippen LogP contribution >= 0.6 is 15.9 Å². The standard InChI is InChI=1S/C28H27BrFNO5/c1-18(2)16-36-28(33)20-9-11-22(12-10-20)31-26(32)13-8-19-14-23(29)27(25(15-19)34-3)35-17-21-6-4-5-7-24(21)30/h4-15,18H,16-17H2,1-3H3,(H,31,32)/b13-8+. The number of ether oxygens (including phenoxy) is 3. The second kappa shape index (κ2) is 12.9. The van der Waals surface area contributed by atoms with E-state index in [0.29, 0.717) is 45.0 Å². The van der Waals surface area contributed by atoms with Crippen LogP contribution in [-0.4, -0.2) is 25.6 Å². The van der Waals surface area contributed by atoms with Gasteiger partial charge in [0, 0.05) is 17.3 Å². The first-order valence-electron chi connectivity index (χ1n) is 11.3.